The highest BCUT2D eigenvalue weighted by molar-refractivity contribution is 6.30. The number of piperazine rings is 1. The third-order valence-electron chi connectivity index (χ3n) is 5.80. The predicted octanol–water partition coefficient (Wildman–Crippen LogP) is 2.79. The monoisotopic (exact) mass is 393 g/mol. The van der Waals surface area contributed by atoms with Gasteiger partial charge in [0.25, 0.3) is 0 Å². The molecule has 0 aliphatic carbocycles. The molecule has 7 heteroatoms. The summed E-state index contributed by atoms with van der Waals surface area (Å²) in [6.07, 6.45) is 5.26. The zero-order valence-corrected chi connectivity index (χ0v) is 16.3. The lowest BCUT2D eigenvalue weighted by Gasteiger charge is -2.60. The van der Waals surface area contributed by atoms with Crippen molar-refractivity contribution >= 4 is 17.5 Å². The van der Waals surface area contributed by atoms with Crippen LogP contribution in [0.25, 0.3) is 22.5 Å². The predicted molar refractivity (Wildman–Crippen MR) is 108 cm³/mol. The summed E-state index contributed by atoms with van der Waals surface area (Å²) >= 11 is 6.04. The molecule has 2 aromatic heterocycles. The van der Waals surface area contributed by atoms with E-state index in [1.165, 1.54) is 0 Å². The molecule has 3 aromatic rings. The molecule has 2 fully saturated rings. The first-order valence-corrected chi connectivity index (χ1v) is 9.71. The van der Waals surface area contributed by atoms with Gasteiger partial charge < -0.3 is 9.47 Å². The van der Waals surface area contributed by atoms with Crippen LogP contribution >= 0.6 is 11.6 Å². The third kappa shape index (κ3) is 2.80. The largest absolute Gasteiger partial charge is 0.334 e. The molecular weight excluding hydrogens is 374 g/mol. The Morgan fingerprint density at radius 3 is 2.46 bits per heavy atom. The number of hydrogen-bond donors (Lipinski definition) is 0. The fourth-order valence-corrected chi connectivity index (χ4v) is 4.26. The molecule has 0 saturated carbocycles. The number of halogens is 1. The van der Waals surface area contributed by atoms with Crippen LogP contribution in [-0.4, -0.2) is 62.5 Å². The van der Waals surface area contributed by atoms with Crippen molar-refractivity contribution < 1.29 is 4.79 Å². The lowest BCUT2D eigenvalue weighted by atomic mass is 9.86. The van der Waals surface area contributed by atoms with Gasteiger partial charge in [-0.3, -0.25) is 14.7 Å². The molecule has 2 saturated heterocycles. The van der Waals surface area contributed by atoms with Gasteiger partial charge in [-0.15, -0.1) is 0 Å². The summed E-state index contributed by atoms with van der Waals surface area (Å²) in [4.78, 5) is 25.9. The number of benzene rings is 1. The van der Waals surface area contributed by atoms with Gasteiger partial charge in [0.05, 0.1) is 23.8 Å². The maximum atomic E-state index is 12.9. The Labute approximate surface area is 168 Å². The van der Waals surface area contributed by atoms with Crippen molar-refractivity contribution in [1.82, 2.24) is 24.3 Å². The highest BCUT2D eigenvalue weighted by Gasteiger charge is 2.51. The second kappa shape index (κ2) is 6.72. The number of likely N-dealkylation sites (tertiary alicyclic amines) is 2. The van der Waals surface area contributed by atoms with Crippen molar-refractivity contribution in [3.8, 4) is 22.5 Å². The number of rotatable bonds is 4. The van der Waals surface area contributed by atoms with Gasteiger partial charge in [0.1, 0.15) is 6.54 Å². The summed E-state index contributed by atoms with van der Waals surface area (Å²) in [5.74, 6) is 0.143. The van der Waals surface area contributed by atoms with Gasteiger partial charge in [0.15, 0.2) is 0 Å². The molecule has 0 radical (unpaired) electrons. The number of fused-ring (bicyclic) bond motifs is 1. The molecule has 2 aliphatic heterocycles. The van der Waals surface area contributed by atoms with Crippen LogP contribution in [-0.2, 0) is 11.3 Å². The van der Waals surface area contributed by atoms with Crippen LogP contribution in [0, 0.1) is 0 Å². The van der Waals surface area contributed by atoms with Crippen molar-refractivity contribution in [2.45, 2.75) is 18.6 Å². The van der Waals surface area contributed by atoms with Crippen LogP contribution in [0.4, 0.5) is 0 Å². The quantitative estimate of drug-likeness (QED) is 0.684. The van der Waals surface area contributed by atoms with Gasteiger partial charge in [-0.25, -0.2) is 4.98 Å². The maximum absolute atomic E-state index is 12.9. The molecule has 1 amide bonds. The van der Waals surface area contributed by atoms with Crippen molar-refractivity contribution in [2.24, 2.45) is 0 Å². The summed E-state index contributed by atoms with van der Waals surface area (Å²) in [7, 11) is 2.11. The third-order valence-corrected chi connectivity index (χ3v) is 6.06. The zero-order valence-electron chi connectivity index (χ0n) is 15.5. The maximum Gasteiger partial charge on any atom is 0.242 e. The molecule has 6 nitrogen and oxygen atoms in total. The van der Waals surface area contributed by atoms with E-state index >= 15 is 0 Å². The van der Waals surface area contributed by atoms with E-state index in [0.717, 1.165) is 35.6 Å². The average Bonchev–Trinajstić information content (AvgIpc) is 3.10. The molecule has 5 rings (SSSR count). The van der Waals surface area contributed by atoms with E-state index in [1.54, 1.807) is 18.7 Å². The molecule has 142 valence electrons. The molecule has 1 unspecified atom stereocenters. The summed E-state index contributed by atoms with van der Waals surface area (Å²) in [5, 5.41) is 0.682. The van der Waals surface area contributed by atoms with Crippen LogP contribution in [0.1, 0.15) is 0 Å². The number of hydrogen-bond acceptors (Lipinski definition) is 4. The van der Waals surface area contributed by atoms with Gasteiger partial charge >= 0.3 is 0 Å². The van der Waals surface area contributed by atoms with Gasteiger partial charge in [-0.2, -0.15) is 0 Å². The van der Waals surface area contributed by atoms with E-state index in [0.29, 0.717) is 17.1 Å². The van der Waals surface area contributed by atoms with Crippen LogP contribution in [0.15, 0.2) is 55.1 Å². The number of nitrogens with zero attached hydrogens (tertiary/aromatic N) is 5. The molecule has 2 aliphatic rings. The molecule has 0 bridgehead atoms. The molecule has 28 heavy (non-hydrogen) atoms. The Morgan fingerprint density at radius 2 is 1.82 bits per heavy atom. The number of carbonyl (C=O) groups is 1. The first-order valence-electron chi connectivity index (χ1n) is 9.33. The van der Waals surface area contributed by atoms with E-state index in [4.69, 9.17) is 11.6 Å². The number of imidazole rings is 1. The zero-order chi connectivity index (χ0) is 19.3. The van der Waals surface area contributed by atoms with Crippen LogP contribution < -0.4 is 0 Å². The average molecular weight is 394 g/mol. The highest BCUT2D eigenvalue weighted by atomic mass is 35.5. The molecule has 1 aromatic carbocycles. The van der Waals surface area contributed by atoms with E-state index in [2.05, 4.69) is 21.9 Å². The lowest BCUT2D eigenvalue weighted by Crippen LogP contribution is -2.78. The smallest absolute Gasteiger partial charge is 0.242 e. The van der Waals surface area contributed by atoms with Crippen molar-refractivity contribution in [3.05, 3.63) is 60.1 Å². The minimum atomic E-state index is 0.143. The first-order chi connectivity index (χ1) is 13.6. The summed E-state index contributed by atoms with van der Waals surface area (Å²) in [5.41, 5.74) is 3.70. The van der Waals surface area contributed by atoms with Crippen molar-refractivity contribution in [1.29, 1.82) is 0 Å². The number of pyridine rings is 1. The van der Waals surface area contributed by atoms with Crippen LogP contribution in [0.2, 0.25) is 5.02 Å². The highest BCUT2D eigenvalue weighted by Crippen LogP contribution is 2.34. The van der Waals surface area contributed by atoms with Gasteiger partial charge in [0.2, 0.25) is 5.91 Å². The normalized spacial score (nSPS) is 21.0. The van der Waals surface area contributed by atoms with E-state index in [-0.39, 0.29) is 12.5 Å². The van der Waals surface area contributed by atoms with E-state index < -0.39 is 0 Å². The van der Waals surface area contributed by atoms with E-state index in [9.17, 15) is 4.79 Å². The number of likely N-dealkylation sites (N-methyl/N-ethyl adjacent to an activating group) is 1. The van der Waals surface area contributed by atoms with Crippen LogP contribution in [0.5, 0.6) is 0 Å². The molecule has 4 heterocycles. The first kappa shape index (κ1) is 17.4. The van der Waals surface area contributed by atoms with Gasteiger partial charge in [-0.05, 0) is 31.3 Å². The van der Waals surface area contributed by atoms with Gasteiger partial charge in [-0.1, -0.05) is 23.7 Å². The summed E-state index contributed by atoms with van der Waals surface area (Å²) < 4.78 is 1.94. The fourth-order valence-electron chi connectivity index (χ4n) is 4.13. The number of carbonyl (C=O) groups excluding carboxylic acids is 1. The Morgan fingerprint density at radius 1 is 1.07 bits per heavy atom. The van der Waals surface area contributed by atoms with Crippen molar-refractivity contribution in [3.63, 3.8) is 0 Å². The summed E-state index contributed by atoms with van der Waals surface area (Å²) in [6.45, 7) is 2.07. The number of aromatic nitrogens is 3. The minimum absolute atomic E-state index is 0.143. The van der Waals surface area contributed by atoms with Crippen LogP contribution in [0.3, 0.4) is 0 Å². The molecule has 0 N–H and O–H groups in total. The second-order valence-electron chi connectivity index (χ2n) is 7.43. The Kier molecular flexibility index (Phi) is 4.18. The van der Waals surface area contributed by atoms with E-state index in [1.807, 2.05) is 45.9 Å². The van der Waals surface area contributed by atoms with Crippen molar-refractivity contribution in [2.75, 3.05) is 20.1 Å². The fraction of sp³-hybridized carbons (Fsp3) is 0.286. The molecular formula is C21H20ClN5O. The second-order valence-corrected chi connectivity index (χ2v) is 7.87. The Balaban J connectivity index is 1.48. The Hall–Kier alpha value is -2.70. The minimum Gasteiger partial charge on any atom is -0.334 e. The Bertz CT molecular complexity index is 1020. The SMILES string of the molecule is CN1C[C@H]2C1CN2C(=O)Cn1cnc(-c2ccc(Cl)cc2)c1-c1ccncc1. The molecule has 2 atom stereocenters. The lowest BCUT2D eigenvalue weighted by molar-refractivity contribution is -0.162. The number of amides is 1. The van der Waals surface area contributed by atoms with Gasteiger partial charge in [0, 0.05) is 47.7 Å². The molecule has 0 spiro atoms. The topological polar surface area (TPSA) is 54.3 Å². The summed E-state index contributed by atoms with van der Waals surface area (Å²) in [6, 6.07) is 12.4. The standard InChI is InChI=1S/C21H20ClN5O/c1-25-10-18-17(25)11-27(18)19(28)12-26-13-24-20(14-2-4-16(22)5-3-14)21(26)15-6-8-23-9-7-15/h2-9,13,17-18H,10-12H2,1H3/t17?,18-/m0/s1.